The van der Waals surface area contributed by atoms with E-state index in [9.17, 15) is 5.11 Å². The number of rotatable bonds is 1. The van der Waals surface area contributed by atoms with Gasteiger partial charge >= 0.3 is 0 Å². The molecule has 0 spiro atoms. The number of nitrogens with one attached hydrogen (secondary N) is 2. The van der Waals surface area contributed by atoms with E-state index in [1.807, 2.05) is 0 Å². The van der Waals surface area contributed by atoms with Crippen molar-refractivity contribution in [1.82, 2.24) is 0 Å². The van der Waals surface area contributed by atoms with E-state index in [0.29, 0.717) is 5.75 Å². The first-order chi connectivity index (χ1) is 13.3. The molecule has 0 saturated heterocycles. The SMILES string of the molecule is Oc1c(C2Nc3cccc4cccc(c34)N2)cc2c3c1CCCN3CCC2. The largest absolute Gasteiger partial charge is 0.507 e. The van der Waals surface area contributed by atoms with Gasteiger partial charge in [-0.1, -0.05) is 24.3 Å². The summed E-state index contributed by atoms with van der Waals surface area (Å²) in [5.41, 5.74) is 7.07. The van der Waals surface area contributed by atoms with Gasteiger partial charge in [-0.25, -0.2) is 0 Å². The van der Waals surface area contributed by atoms with Gasteiger partial charge in [-0.3, -0.25) is 0 Å². The van der Waals surface area contributed by atoms with Crippen LogP contribution in [0.3, 0.4) is 0 Å². The summed E-state index contributed by atoms with van der Waals surface area (Å²) in [6, 6.07) is 14.9. The Bertz CT molecular complexity index is 1030. The standard InChI is InChI=1S/C23H23N3O/c27-22-16-8-4-12-26-11-3-7-15(21(16)26)13-17(22)23-24-18-9-1-5-14-6-2-10-19(25-23)20(14)18/h1-2,5-6,9-10,13,23-25,27H,3-4,7-8,11-12H2. The Morgan fingerprint density at radius 1 is 0.926 bits per heavy atom. The van der Waals surface area contributed by atoms with Crippen LogP contribution >= 0.6 is 0 Å². The molecule has 0 aromatic heterocycles. The first kappa shape index (κ1) is 15.2. The summed E-state index contributed by atoms with van der Waals surface area (Å²) in [5, 5.41) is 20.9. The van der Waals surface area contributed by atoms with Crippen molar-refractivity contribution in [2.24, 2.45) is 0 Å². The van der Waals surface area contributed by atoms with Gasteiger partial charge in [-0.15, -0.1) is 0 Å². The summed E-state index contributed by atoms with van der Waals surface area (Å²) in [5.74, 6) is 0.469. The predicted molar refractivity (Wildman–Crippen MR) is 111 cm³/mol. The number of benzene rings is 3. The third-order valence-electron chi connectivity index (χ3n) is 6.34. The highest BCUT2D eigenvalue weighted by Crippen LogP contribution is 2.46. The Morgan fingerprint density at radius 2 is 1.63 bits per heavy atom. The van der Waals surface area contributed by atoms with E-state index in [-0.39, 0.29) is 6.17 Å². The Balaban J connectivity index is 1.49. The molecule has 0 atom stereocenters. The molecule has 3 aromatic carbocycles. The maximum atomic E-state index is 11.2. The van der Waals surface area contributed by atoms with Gasteiger partial charge in [0.2, 0.25) is 0 Å². The summed E-state index contributed by atoms with van der Waals surface area (Å²) in [4.78, 5) is 2.47. The zero-order valence-corrected chi connectivity index (χ0v) is 15.3. The van der Waals surface area contributed by atoms with E-state index in [0.717, 1.165) is 54.9 Å². The maximum Gasteiger partial charge on any atom is 0.128 e. The Kier molecular flexibility index (Phi) is 3.13. The van der Waals surface area contributed by atoms with Crippen molar-refractivity contribution in [3.05, 3.63) is 59.2 Å². The van der Waals surface area contributed by atoms with E-state index >= 15 is 0 Å². The van der Waals surface area contributed by atoms with Gasteiger partial charge in [0.1, 0.15) is 11.9 Å². The van der Waals surface area contributed by atoms with Gasteiger partial charge < -0.3 is 20.6 Å². The summed E-state index contributed by atoms with van der Waals surface area (Å²) >= 11 is 0. The molecule has 3 aliphatic heterocycles. The number of aromatic hydroxyl groups is 1. The molecule has 136 valence electrons. The summed E-state index contributed by atoms with van der Waals surface area (Å²) in [7, 11) is 0. The van der Waals surface area contributed by atoms with Crippen LogP contribution in [-0.4, -0.2) is 18.2 Å². The predicted octanol–water partition coefficient (Wildman–Crippen LogP) is 4.78. The maximum absolute atomic E-state index is 11.2. The lowest BCUT2D eigenvalue weighted by Gasteiger charge is -2.39. The van der Waals surface area contributed by atoms with Crippen molar-refractivity contribution >= 4 is 27.8 Å². The summed E-state index contributed by atoms with van der Waals surface area (Å²) in [6.45, 7) is 2.24. The van der Waals surface area contributed by atoms with Crippen molar-refractivity contribution in [3.8, 4) is 5.75 Å². The molecule has 3 aliphatic rings. The lowest BCUT2D eigenvalue weighted by atomic mass is 9.88. The molecule has 0 unspecified atom stereocenters. The molecule has 4 heteroatoms. The molecular weight excluding hydrogens is 334 g/mol. The number of anilines is 3. The minimum atomic E-state index is -0.121. The third-order valence-corrected chi connectivity index (χ3v) is 6.34. The molecule has 3 heterocycles. The molecule has 27 heavy (non-hydrogen) atoms. The van der Waals surface area contributed by atoms with Gasteiger partial charge in [0.05, 0.1) is 0 Å². The molecule has 0 radical (unpaired) electrons. The van der Waals surface area contributed by atoms with Crippen molar-refractivity contribution < 1.29 is 5.11 Å². The number of hydrogen-bond acceptors (Lipinski definition) is 4. The van der Waals surface area contributed by atoms with Crippen LogP contribution in [0.4, 0.5) is 17.1 Å². The molecule has 3 aromatic rings. The number of phenolic OH excluding ortho intramolecular Hbond substituents is 1. The Labute approximate surface area is 158 Å². The minimum Gasteiger partial charge on any atom is -0.507 e. The fourth-order valence-electron chi connectivity index (χ4n) is 5.17. The molecule has 4 nitrogen and oxygen atoms in total. The Hall–Kier alpha value is -2.88. The number of phenols is 1. The average Bonchev–Trinajstić information content (AvgIpc) is 2.71. The smallest absolute Gasteiger partial charge is 0.128 e. The number of aryl methyl sites for hydroxylation is 1. The van der Waals surface area contributed by atoms with Crippen molar-refractivity contribution in [3.63, 3.8) is 0 Å². The highest BCUT2D eigenvalue weighted by molar-refractivity contribution is 6.04. The van der Waals surface area contributed by atoms with Crippen LogP contribution < -0.4 is 15.5 Å². The Morgan fingerprint density at radius 3 is 2.37 bits per heavy atom. The fraction of sp³-hybridized carbons (Fsp3) is 0.304. The summed E-state index contributed by atoms with van der Waals surface area (Å²) in [6.07, 6.45) is 4.27. The minimum absolute atomic E-state index is 0.121. The van der Waals surface area contributed by atoms with Crippen LogP contribution in [0.5, 0.6) is 5.75 Å². The van der Waals surface area contributed by atoms with E-state index in [2.05, 4.69) is 58.0 Å². The van der Waals surface area contributed by atoms with Crippen LogP contribution in [0.25, 0.3) is 10.8 Å². The van der Waals surface area contributed by atoms with Crippen LogP contribution in [0.1, 0.15) is 35.7 Å². The third kappa shape index (κ3) is 2.16. The molecule has 3 N–H and O–H groups in total. The van der Waals surface area contributed by atoms with Crippen LogP contribution in [-0.2, 0) is 12.8 Å². The number of hydrogen-bond donors (Lipinski definition) is 3. The monoisotopic (exact) mass is 357 g/mol. The summed E-state index contributed by atoms with van der Waals surface area (Å²) < 4.78 is 0. The lowest BCUT2D eigenvalue weighted by Crippen LogP contribution is -2.35. The second-order valence-corrected chi connectivity index (χ2v) is 7.93. The van der Waals surface area contributed by atoms with E-state index < -0.39 is 0 Å². The van der Waals surface area contributed by atoms with Gasteiger partial charge in [0.15, 0.2) is 0 Å². The highest BCUT2D eigenvalue weighted by Gasteiger charge is 2.31. The van der Waals surface area contributed by atoms with Crippen LogP contribution in [0.15, 0.2) is 42.5 Å². The second kappa shape index (κ2) is 5.56. The molecule has 0 fully saturated rings. The number of nitrogens with zero attached hydrogens (tertiary/aromatic N) is 1. The lowest BCUT2D eigenvalue weighted by molar-refractivity contribution is 0.453. The topological polar surface area (TPSA) is 47.5 Å². The van der Waals surface area contributed by atoms with Crippen LogP contribution in [0, 0.1) is 0 Å². The van der Waals surface area contributed by atoms with E-state index in [1.165, 1.54) is 28.4 Å². The van der Waals surface area contributed by atoms with E-state index in [1.54, 1.807) is 0 Å². The molecule has 0 amide bonds. The van der Waals surface area contributed by atoms with Gasteiger partial charge in [-0.2, -0.15) is 0 Å². The van der Waals surface area contributed by atoms with Gasteiger partial charge in [-0.05, 0) is 54.8 Å². The highest BCUT2D eigenvalue weighted by atomic mass is 16.3. The molecule has 0 aliphatic carbocycles. The van der Waals surface area contributed by atoms with Crippen molar-refractivity contribution in [1.29, 1.82) is 0 Å². The quantitative estimate of drug-likeness (QED) is 0.586. The zero-order chi connectivity index (χ0) is 18.0. The molecular formula is C23H23N3O. The van der Waals surface area contributed by atoms with Crippen molar-refractivity contribution in [2.75, 3.05) is 28.6 Å². The van der Waals surface area contributed by atoms with Crippen molar-refractivity contribution in [2.45, 2.75) is 31.8 Å². The average molecular weight is 357 g/mol. The first-order valence-corrected chi connectivity index (χ1v) is 9.97. The molecule has 0 bridgehead atoms. The van der Waals surface area contributed by atoms with E-state index in [4.69, 9.17) is 0 Å². The molecule has 0 saturated carbocycles. The van der Waals surface area contributed by atoms with Crippen LogP contribution in [0.2, 0.25) is 0 Å². The zero-order valence-electron chi connectivity index (χ0n) is 15.3. The van der Waals surface area contributed by atoms with Gasteiger partial charge in [0, 0.05) is 46.7 Å². The normalized spacial score (nSPS) is 18.0. The fourth-order valence-corrected chi connectivity index (χ4v) is 5.17. The van der Waals surface area contributed by atoms with Gasteiger partial charge in [0.25, 0.3) is 0 Å². The second-order valence-electron chi connectivity index (χ2n) is 7.93. The molecule has 6 rings (SSSR count). The first-order valence-electron chi connectivity index (χ1n) is 9.97.